The maximum atomic E-state index is 13.0. The van der Waals surface area contributed by atoms with Gasteiger partial charge in [0.15, 0.2) is 12.2 Å². The van der Waals surface area contributed by atoms with Crippen LogP contribution in [-0.4, -0.2) is 96.7 Å². The minimum Gasteiger partial charge on any atom is -0.462 e. The molecule has 0 saturated carbocycles. The van der Waals surface area contributed by atoms with Crippen LogP contribution in [0.3, 0.4) is 0 Å². The molecule has 0 bridgehead atoms. The van der Waals surface area contributed by atoms with Crippen LogP contribution in [0.4, 0.5) is 0 Å². The Hall–Kier alpha value is -2.46. The highest BCUT2D eigenvalue weighted by atomic mass is 31.2. The molecule has 530 valence electrons. The van der Waals surface area contributed by atoms with Gasteiger partial charge in [-0.2, -0.15) is 0 Å². The number of carbonyl (C=O) groups excluding carboxylic acids is 4. The number of esters is 4. The Bertz CT molecular complexity index is 1830. The molecule has 0 radical (unpaired) electrons. The third-order valence-corrected chi connectivity index (χ3v) is 17.8. The number of allylic oxidation sites excluding steroid dienone is 4. The number of carbonyl (C=O) groups is 4. The summed E-state index contributed by atoms with van der Waals surface area (Å²) < 4.78 is 68.2. The van der Waals surface area contributed by atoms with E-state index in [2.05, 4.69) is 58.9 Å². The monoisotopic (exact) mass is 1320 g/mol. The quantitative estimate of drug-likeness (QED) is 0.0169. The molecule has 0 aromatic heterocycles. The Morgan fingerprint density at radius 3 is 0.911 bits per heavy atom. The number of phosphoric ester groups is 2. The molecule has 0 amide bonds. The molecular formula is C71H134O17P2. The second kappa shape index (κ2) is 63.9. The number of hydrogen-bond acceptors (Lipinski definition) is 15. The molecule has 0 saturated heterocycles. The molecule has 17 nitrogen and oxygen atoms in total. The van der Waals surface area contributed by atoms with Gasteiger partial charge in [0.25, 0.3) is 0 Å². The van der Waals surface area contributed by atoms with Crippen molar-refractivity contribution in [3.05, 3.63) is 24.3 Å². The Morgan fingerprint density at radius 1 is 0.344 bits per heavy atom. The van der Waals surface area contributed by atoms with Crippen LogP contribution in [0.1, 0.15) is 343 Å². The Morgan fingerprint density at radius 2 is 0.600 bits per heavy atom. The van der Waals surface area contributed by atoms with E-state index in [-0.39, 0.29) is 25.7 Å². The summed E-state index contributed by atoms with van der Waals surface area (Å²) in [6.07, 6.45) is 53.5. The maximum Gasteiger partial charge on any atom is 0.472 e. The molecule has 2 unspecified atom stereocenters. The van der Waals surface area contributed by atoms with Crippen molar-refractivity contribution >= 4 is 39.5 Å². The van der Waals surface area contributed by atoms with Crippen LogP contribution in [0.15, 0.2) is 24.3 Å². The molecule has 0 aliphatic heterocycles. The van der Waals surface area contributed by atoms with Gasteiger partial charge in [-0.15, -0.1) is 0 Å². The summed E-state index contributed by atoms with van der Waals surface area (Å²) in [5.74, 6) is -1.42. The predicted octanol–water partition coefficient (Wildman–Crippen LogP) is 20.1. The van der Waals surface area contributed by atoms with Gasteiger partial charge in [0, 0.05) is 25.7 Å². The second-order valence-corrected chi connectivity index (χ2v) is 28.3. The number of hydrogen-bond donors (Lipinski definition) is 3. The molecule has 0 aromatic carbocycles. The highest BCUT2D eigenvalue weighted by Gasteiger charge is 2.30. The zero-order chi connectivity index (χ0) is 66.3. The zero-order valence-corrected chi connectivity index (χ0v) is 59.5. The van der Waals surface area contributed by atoms with E-state index in [1.54, 1.807) is 0 Å². The SMILES string of the molecule is CCCCCC/C=C\C=C/CCCCCCCC(=O)O[C@H](COC(=O)CCCCCCCCCCCCCCCCC)COP(=O)(O)OC[C@@H](O)COP(=O)(O)OC[C@@H](COC(=O)CCCCCCCCCC)OC(=O)CCCCCCCCCCCC(C)C. The fraction of sp³-hybridized carbons (Fsp3) is 0.887. The van der Waals surface area contributed by atoms with Crippen molar-refractivity contribution in [3.63, 3.8) is 0 Å². The first-order chi connectivity index (χ1) is 43.5. The van der Waals surface area contributed by atoms with Crippen molar-refractivity contribution in [1.82, 2.24) is 0 Å². The Kier molecular flexibility index (Phi) is 62.2. The lowest BCUT2D eigenvalue weighted by Crippen LogP contribution is -2.30. The van der Waals surface area contributed by atoms with Gasteiger partial charge in [0.05, 0.1) is 26.4 Å². The van der Waals surface area contributed by atoms with Crippen LogP contribution in [0.2, 0.25) is 0 Å². The van der Waals surface area contributed by atoms with Gasteiger partial charge in [-0.25, -0.2) is 9.13 Å². The molecule has 0 aliphatic carbocycles. The van der Waals surface area contributed by atoms with Crippen LogP contribution < -0.4 is 0 Å². The van der Waals surface area contributed by atoms with E-state index < -0.39 is 97.5 Å². The molecule has 0 heterocycles. The van der Waals surface area contributed by atoms with Gasteiger partial charge in [-0.05, 0) is 57.3 Å². The first-order valence-electron chi connectivity index (χ1n) is 36.5. The average molecular weight is 1320 g/mol. The molecule has 3 N–H and O–H groups in total. The Balaban J connectivity index is 5.26. The van der Waals surface area contributed by atoms with E-state index in [1.165, 1.54) is 148 Å². The van der Waals surface area contributed by atoms with E-state index in [9.17, 15) is 43.2 Å². The summed E-state index contributed by atoms with van der Waals surface area (Å²) in [4.78, 5) is 72.5. The lowest BCUT2D eigenvalue weighted by molar-refractivity contribution is -0.161. The summed E-state index contributed by atoms with van der Waals surface area (Å²) in [6, 6.07) is 0. The van der Waals surface area contributed by atoms with E-state index in [0.29, 0.717) is 25.7 Å². The largest absolute Gasteiger partial charge is 0.472 e. The van der Waals surface area contributed by atoms with Gasteiger partial charge in [-0.1, -0.05) is 290 Å². The van der Waals surface area contributed by atoms with E-state index in [1.807, 2.05) is 0 Å². The van der Waals surface area contributed by atoms with Gasteiger partial charge < -0.3 is 33.8 Å². The smallest absolute Gasteiger partial charge is 0.462 e. The van der Waals surface area contributed by atoms with E-state index in [4.69, 9.17) is 37.0 Å². The van der Waals surface area contributed by atoms with Crippen molar-refractivity contribution in [2.24, 2.45) is 5.92 Å². The lowest BCUT2D eigenvalue weighted by Gasteiger charge is -2.21. The normalized spacial score (nSPS) is 14.2. The van der Waals surface area contributed by atoms with Gasteiger partial charge in [0.1, 0.15) is 19.3 Å². The fourth-order valence-electron chi connectivity index (χ4n) is 10.3. The van der Waals surface area contributed by atoms with Crippen molar-refractivity contribution in [1.29, 1.82) is 0 Å². The van der Waals surface area contributed by atoms with Gasteiger partial charge in [0.2, 0.25) is 0 Å². The highest BCUT2D eigenvalue weighted by molar-refractivity contribution is 7.47. The fourth-order valence-corrected chi connectivity index (χ4v) is 11.9. The van der Waals surface area contributed by atoms with Gasteiger partial charge in [-0.3, -0.25) is 37.3 Å². The number of ether oxygens (including phenoxy) is 4. The highest BCUT2D eigenvalue weighted by Crippen LogP contribution is 2.45. The summed E-state index contributed by atoms with van der Waals surface area (Å²) >= 11 is 0. The van der Waals surface area contributed by atoms with Crippen LogP contribution in [0.5, 0.6) is 0 Å². The number of phosphoric acid groups is 2. The first-order valence-corrected chi connectivity index (χ1v) is 39.4. The van der Waals surface area contributed by atoms with Crippen molar-refractivity contribution in [3.8, 4) is 0 Å². The number of aliphatic hydroxyl groups excluding tert-OH is 1. The maximum absolute atomic E-state index is 13.0. The molecule has 0 aliphatic rings. The zero-order valence-electron chi connectivity index (χ0n) is 57.8. The molecule has 19 heteroatoms. The third kappa shape index (κ3) is 64.3. The van der Waals surface area contributed by atoms with E-state index in [0.717, 1.165) is 115 Å². The van der Waals surface area contributed by atoms with Crippen LogP contribution in [0, 0.1) is 5.92 Å². The summed E-state index contributed by atoms with van der Waals surface area (Å²) in [7, 11) is -9.91. The van der Waals surface area contributed by atoms with E-state index >= 15 is 0 Å². The summed E-state index contributed by atoms with van der Waals surface area (Å²) in [5, 5.41) is 10.6. The van der Waals surface area contributed by atoms with Gasteiger partial charge >= 0.3 is 39.5 Å². The molecular weight excluding hydrogens is 1190 g/mol. The average Bonchev–Trinajstić information content (AvgIpc) is 3.53. The molecule has 0 fully saturated rings. The number of unbranched alkanes of at least 4 members (excludes halogenated alkanes) is 38. The van der Waals surface area contributed by atoms with Crippen LogP contribution in [-0.2, 0) is 65.4 Å². The third-order valence-electron chi connectivity index (χ3n) is 15.9. The minimum absolute atomic E-state index is 0.0855. The van der Waals surface area contributed by atoms with Crippen LogP contribution >= 0.6 is 15.6 Å². The number of rotatable bonds is 69. The lowest BCUT2D eigenvalue weighted by atomic mass is 10.0. The summed E-state index contributed by atoms with van der Waals surface area (Å²) in [5.41, 5.74) is 0. The number of aliphatic hydroxyl groups is 1. The molecule has 0 spiro atoms. The standard InChI is InChI=1S/C71H134O17P2/c1-6-9-12-15-18-21-23-25-27-29-31-35-40-45-50-55-69(74)82-61-67(87-70(75)56-51-46-41-36-32-30-28-26-24-22-19-16-13-10-7-2)63-86-90(79,80)84-59-65(72)58-83-89(77,78)85-62-66(60-81-68(73)54-49-44-39-20-17-14-11-8-3)88-71(76)57-52-47-42-37-33-34-38-43-48-53-64(4)5/h22,24,26,28,64-67,72H,6-21,23,25,27,29-63H2,1-5H3,(H,77,78)(H,79,80)/b24-22-,28-26-/t65-,66+,67+/m0/s1. The molecule has 90 heavy (non-hydrogen) atoms. The first kappa shape index (κ1) is 87.5. The van der Waals surface area contributed by atoms with Crippen molar-refractivity contribution < 1.29 is 80.2 Å². The molecule has 0 rings (SSSR count). The molecule has 5 atom stereocenters. The molecule has 0 aromatic rings. The van der Waals surface area contributed by atoms with Crippen LogP contribution in [0.25, 0.3) is 0 Å². The van der Waals surface area contributed by atoms with Crippen molar-refractivity contribution in [2.75, 3.05) is 39.6 Å². The summed E-state index contributed by atoms with van der Waals surface area (Å²) in [6.45, 7) is 7.14. The Labute approximate surface area is 548 Å². The minimum atomic E-state index is -4.96. The topological polar surface area (TPSA) is 237 Å². The second-order valence-electron chi connectivity index (χ2n) is 25.4. The van der Waals surface area contributed by atoms with Crippen molar-refractivity contribution in [2.45, 2.75) is 361 Å². The predicted molar refractivity (Wildman–Crippen MR) is 363 cm³/mol.